The third-order valence-corrected chi connectivity index (χ3v) is 4.18. The minimum absolute atomic E-state index is 0.0153. The standard InChI is InChI=1S/C15H19F3N2O/c1-14(2)7-3-4-10(14)13(21)20-12-6-5-9(19)8-11(12)15(16,17)18/h5-6,8,10H,3-4,7,19H2,1-2H3,(H,20,21). The summed E-state index contributed by atoms with van der Waals surface area (Å²) in [6, 6.07) is 3.40. The Labute approximate surface area is 121 Å². The van der Waals surface area contributed by atoms with Crippen LogP contribution in [0, 0.1) is 11.3 Å². The fourth-order valence-electron chi connectivity index (χ4n) is 2.94. The number of carbonyl (C=O) groups excluding carboxylic acids is 1. The Kier molecular flexibility index (Phi) is 3.91. The van der Waals surface area contributed by atoms with Crippen LogP contribution >= 0.6 is 0 Å². The molecule has 1 unspecified atom stereocenters. The average molecular weight is 300 g/mol. The van der Waals surface area contributed by atoms with Crippen LogP contribution in [0.25, 0.3) is 0 Å². The van der Waals surface area contributed by atoms with Gasteiger partial charge in [-0.2, -0.15) is 13.2 Å². The van der Waals surface area contributed by atoms with E-state index in [1.54, 1.807) is 0 Å². The third-order valence-electron chi connectivity index (χ3n) is 4.18. The number of anilines is 2. The summed E-state index contributed by atoms with van der Waals surface area (Å²) in [5.74, 6) is -0.621. The fourth-order valence-corrected chi connectivity index (χ4v) is 2.94. The van der Waals surface area contributed by atoms with Crippen LogP contribution in [-0.4, -0.2) is 5.91 Å². The molecule has 6 heteroatoms. The number of nitrogens with two attached hydrogens (primary N) is 1. The van der Waals surface area contributed by atoms with Gasteiger partial charge < -0.3 is 11.1 Å². The second-order valence-electron chi connectivity index (χ2n) is 6.23. The van der Waals surface area contributed by atoms with E-state index in [1.807, 2.05) is 13.8 Å². The lowest BCUT2D eigenvalue weighted by Crippen LogP contribution is -2.31. The molecule has 0 spiro atoms. The van der Waals surface area contributed by atoms with Crippen LogP contribution in [0.5, 0.6) is 0 Å². The number of amides is 1. The summed E-state index contributed by atoms with van der Waals surface area (Å²) < 4.78 is 39.0. The SMILES string of the molecule is CC1(C)CCCC1C(=O)Nc1ccc(N)cc1C(F)(F)F. The van der Waals surface area contributed by atoms with Gasteiger partial charge in [0.1, 0.15) is 0 Å². The Balaban J connectivity index is 2.26. The first kappa shape index (κ1) is 15.7. The number of benzene rings is 1. The Morgan fingerprint density at radius 1 is 1.38 bits per heavy atom. The molecule has 1 aliphatic carbocycles. The number of rotatable bonds is 2. The van der Waals surface area contributed by atoms with Crippen LogP contribution in [0.4, 0.5) is 24.5 Å². The number of carbonyl (C=O) groups is 1. The molecule has 3 nitrogen and oxygen atoms in total. The fraction of sp³-hybridized carbons (Fsp3) is 0.533. The minimum Gasteiger partial charge on any atom is -0.399 e. The molecule has 1 atom stereocenters. The summed E-state index contributed by atoms with van der Waals surface area (Å²) in [7, 11) is 0. The van der Waals surface area contributed by atoms with E-state index in [2.05, 4.69) is 5.32 Å². The van der Waals surface area contributed by atoms with E-state index in [1.165, 1.54) is 12.1 Å². The summed E-state index contributed by atoms with van der Waals surface area (Å²) in [5.41, 5.74) is 4.10. The Bertz CT molecular complexity index is 552. The van der Waals surface area contributed by atoms with Gasteiger partial charge in [0.2, 0.25) is 5.91 Å². The maximum atomic E-state index is 13.0. The molecule has 1 aromatic carbocycles. The van der Waals surface area contributed by atoms with E-state index in [4.69, 9.17) is 5.73 Å². The Morgan fingerprint density at radius 3 is 2.57 bits per heavy atom. The van der Waals surface area contributed by atoms with Crippen molar-refractivity contribution in [2.75, 3.05) is 11.1 Å². The number of nitrogen functional groups attached to an aromatic ring is 1. The zero-order chi connectivity index (χ0) is 15.8. The van der Waals surface area contributed by atoms with Crippen molar-refractivity contribution in [3.63, 3.8) is 0 Å². The van der Waals surface area contributed by atoms with Gasteiger partial charge in [0, 0.05) is 11.6 Å². The van der Waals surface area contributed by atoms with E-state index in [0.29, 0.717) is 6.42 Å². The zero-order valence-electron chi connectivity index (χ0n) is 12.1. The van der Waals surface area contributed by atoms with Gasteiger partial charge in [-0.3, -0.25) is 4.79 Å². The molecule has 1 aliphatic rings. The van der Waals surface area contributed by atoms with E-state index >= 15 is 0 Å². The normalized spacial score (nSPS) is 21.3. The lowest BCUT2D eigenvalue weighted by molar-refractivity contribution is -0.137. The van der Waals surface area contributed by atoms with Crippen molar-refractivity contribution in [1.82, 2.24) is 0 Å². The van der Waals surface area contributed by atoms with E-state index in [9.17, 15) is 18.0 Å². The molecule has 0 bridgehead atoms. The molecule has 2 rings (SSSR count). The predicted molar refractivity (Wildman–Crippen MR) is 75.6 cm³/mol. The monoisotopic (exact) mass is 300 g/mol. The van der Waals surface area contributed by atoms with Crippen LogP contribution in [0.1, 0.15) is 38.7 Å². The molecule has 1 aromatic rings. The number of hydrogen-bond donors (Lipinski definition) is 2. The smallest absolute Gasteiger partial charge is 0.399 e. The molecule has 0 aliphatic heterocycles. The summed E-state index contributed by atoms with van der Waals surface area (Å²) in [5, 5.41) is 2.43. The van der Waals surface area contributed by atoms with Crippen LogP contribution in [0.2, 0.25) is 0 Å². The molecular weight excluding hydrogens is 281 g/mol. The maximum absolute atomic E-state index is 13.0. The molecule has 21 heavy (non-hydrogen) atoms. The second-order valence-corrected chi connectivity index (χ2v) is 6.23. The summed E-state index contributed by atoms with van der Waals surface area (Å²) in [4.78, 5) is 12.3. The highest BCUT2D eigenvalue weighted by Crippen LogP contribution is 2.43. The highest BCUT2D eigenvalue weighted by molar-refractivity contribution is 5.94. The van der Waals surface area contributed by atoms with Crippen molar-refractivity contribution >= 4 is 17.3 Å². The number of nitrogens with one attached hydrogen (secondary N) is 1. The quantitative estimate of drug-likeness (QED) is 0.809. The highest BCUT2D eigenvalue weighted by atomic mass is 19.4. The van der Waals surface area contributed by atoms with Gasteiger partial charge in [0.15, 0.2) is 0 Å². The molecule has 1 saturated carbocycles. The first-order chi connectivity index (χ1) is 9.61. The molecule has 3 N–H and O–H groups in total. The van der Waals surface area contributed by atoms with Gasteiger partial charge in [-0.05, 0) is 36.5 Å². The lowest BCUT2D eigenvalue weighted by Gasteiger charge is -2.26. The lowest BCUT2D eigenvalue weighted by atomic mass is 9.81. The maximum Gasteiger partial charge on any atom is 0.418 e. The molecule has 0 radical (unpaired) electrons. The van der Waals surface area contributed by atoms with Gasteiger partial charge >= 0.3 is 6.18 Å². The van der Waals surface area contributed by atoms with Gasteiger partial charge in [-0.25, -0.2) is 0 Å². The molecule has 1 fully saturated rings. The minimum atomic E-state index is -4.55. The van der Waals surface area contributed by atoms with Crippen molar-refractivity contribution in [3.05, 3.63) is 23.8 Å². The van der Waals surface area contributed by atoms with Gasteiger partial charge in [-0.1, -0.05) is 20.3 Å². The van der Waals surface area contributed by atoms with E-state index in [-0.39, 0.29) is 28.6 Å². The third kappa shape index (κ3) is 3.31. The van der Waals surface area contributed by atoms with Crippen LogP contribution in [0.3, 0.4) is 0 Å². The second kappa shape index (κ2) is 5.24. The number of alkyl halides is 3. The summed E-state index contributed by atoms with van der Waals surface area (Å²) in [6.07, 6.45) is -2.03. The molecule has 1 amide bonds. The van der Waals surface area contributed by atoms with Crippen LogP contribution in [0.15, 0.2) is 18.2 Å². The Hall–Kier alpha value is -1.72. The molecular formula is C15H19F3N2O. The van der Waals surface area contributed by atoms with Crippen molar-refractivity contribution in [3.8, 4) is 0 Å². The first-order valence-corrected chi connectivity index (χ1v) is 6.89. The van der Waals surface area contributed by atoms with Gasteiger partial charge in [-0.15, -0.1) is 0 Å². The zero-order valence-corrected chi connectivity index (χ0v) is 12.1. The van der Waals surface area contributed by atoms with Gasteiger partial charge in [0.25, 0.3) is 0 Å². The average Bonchev–Trinajstić information content (AvgIpc) is 2.70. The predicted octanol–water partition coefficient (Wildman–Crippen LogP) is 4.05. The van der Waals surface area contributed by atoms with E-state index in [0.717, 1.165) is 18.9 Å². The van der Waals surface area contributed by atoms with Crippen LogP contribution in [-0.2, 0) is 11.0 Å². The summed E-state index contributed by atoms with van der Waals surface area (Å²) >= 11 is 0. The van der Waals surface area contributed by atoms with E-state index < -0.39 is 11.7 Å². The Morgan fingerprint density at radius 2 is 2.05 bits per heavy atom. The first-order valence-electron chi connectivity index (χ1n) is 6.89. The summed E-state index contributed by atoms with van der Waals surface area (Å²) in [6.45, 7) is 3.94. The number of hydrogen-bond acceptors (Lipinski definition) is 2. The molecule has 0 saturated heterocycles. The van der Waals surface area contributed by atoms with Crippen molar-refractivity contribution in [1.29, 1.82) is 0 Å². The van der Waals surface area contributed by atoms with Crippen molar-refractivity contribution < 1.29 is 18.0 Å². The van der Waals surface area contributed by atoms with Crippen molar-refractivity contribution in [2.24, 2.45) is 11.3 Å². The van der Waals surface area contributed by atoms with Gasteiger partial charge in [0.05, 0.1) is 11.3 Å². The molecule has 0 heterocycles. The molecule has 0 aromatic heterocycles. The largest absolute Gasteiger partial charge is 0.418 e. The highest BCUT2D eigenvalue weighted by Gasteiger charge is 2.40. The number of halogens is 3. The van der Waals surface area contributed by atoms with Crippen LogP contribution < -0.4 is 11.1 Å². The van der Waals surface area contributed by atoms with Crippen molar-refractivity contribution in [2.45, 2.75) is 39.3 Å². The molecule has 116 valence electrons. The topological polar surface area (TPSA) is 55.1 Å².